The van der Waals surface area contributed by atoms with Crippen molar-refractivity contribution in [3.8, 4) is 22.9 Å². The molecule has 1 aliphatic carbocycles. The van der Waals surface area contributed by atoms with Gasteiger partial charge in [-0.3, -0.25) is 9.59 Å². The van der Waals surface area contributed by atoms with Crippen LogP contribution in [0.4, 0.5) is 0 Å². The van der Waals surface area contributed by atoms with Crippen LogP contribution in [0, 0.1) is 12.8 Å². The number of ether oxygens (including phenoxy) is 3. The Kier molecular flexibility index (Phi) is 4.19. The van der Waals surface area contributed by atoms with Crippen molar-refractivity contribution in [3.63, 3.8) is 0 Å². The van der Waals surface area contributed by atoms with Crippen LogP contribution < -0.4 is 9.47 Å². The number of aromatic nitrogens is 2. The van der Waals surface area contributed by atoms with Gasteiger partial charge in [-0.25, -0.2) is 0 Å². The molecule has 4 rings (SSSR count). The second-order valence-corrected chi connectivity index (χ2v) is 7.11. The molecule has 146 valence electrons. The van der Waals surface area contributed by atoms with Crippen LogP contribution in [-0.4, -0.2) is 41.5 Å². The first-order valence-corrected chi connectivity index (χ1v) is 8.95. The van der Waals surface area contributed by atoms with Gasteiger partial charge in [0.25, 0.3) is 0 Å². The Morgan fingerprint density at radius 3 is 2.64 bits per heavy atom. The molecule has 9 heteroatoms. The maximum Gasteiger partial charge on any atom is 0.231 e. The number of halogens is 1. The summed E-state index contributed by atoms with van der Waals surface area (Å²) in [4.78, 5) is 29.7. The van der Waals surface area contributed by atoms with Crippen LogP contribution in [0.1, 0.15) is 29.6 Å². The third kappa shape index (κ3) is 2.37. The van der Waals surface area contributed by atoms with Gasteiger partial charge in [-0.1, -0.05) is 23.7 Å². The van der Waals surface area contributed by atoms with Crippen molar-refractivity contribution in [1.29, 1.82) is 0 Å². The Hall–Kier alpha value is -2.87. The van der Waals surface area contributed by atoms with Gasteiger partial charge in [0.15, 0.2) is 17.3 Å². The number of carbonyl (C=O) groups is 2. The highest BCUT2D eigenvalue weighted by molar-refractivity contribution is 6.36. The van der Waals surface area contributed by atoms with E-state index in [4.69, 9.17) is 30.3 Å². The molecule has 0 unspecified atom stereocenters. The summed E-state index contributed by atoms with van der Waals surface area (Å²) in [5, 5.41) is 4.03. The molecule has 1 aromatic carbocycles. The van der Waals surface area contributed by atoms with Crippen LogP contribution in [0.5, 0.6) is 11.5 Å². The highest BCUT2D eigenvalue weighted by Crippen LogP contribution is 2.54. The minimum Gasteiger partial charge on any atom is -0.496 e. The average molecular weight is 405 g/mol. The van der Waals surface area contributed by atoms with E-state index in [1.54, 1.807) is 19.9 Å². The number of nitrogens with zero attached hydrogens (tertiary/aromatic N) is 2. The zero-order valence-corrected chi connectivity index (χ0v) is 16.4. The molecule has 2 aromatic rings. The Morgan fingerprint density at radius 1 is 1.29 bits per heavy atom. The highest BCUT2D eigenvalue weighted by Gasteiger charge is 2.59. The Labute approximate surface area is 165 Å². The lowest BCUT2D eigenvalue weighted by Gasteiger charge is -2.36. The third-order valence-electron chi connectivity index (χ3n) is 5.08. The van der Waals surface area contributed by atoms with E-state index in [-0.39, 0.29) is 51.7 Å². The normalized spacial score (nSPS) is 23.5. The van der Waals surface area contributed by atoms with E-state index in [1.165, 1.54) is 20.3 Å². The summed E-state index contributed by atoms with van der Waals surface area (Å²) in [7, 11) is 2.83. The lowest BCUT2D eigenvalue weighted by molar-refractivity contribution is -0.118. The Bertz CT molecular complexity index is 1040. The van der Waals surface area contributed by atoms with Crippen molar-refractivity contribution in [1.82, 2.24) is 10.1 Å². The monoisotopic (exact) mass is 404 g/mol. The molecule has 2 heterocycles. The predicted octanol–water partition coefficient (Wildman–Crippen LogP) is 3.16. The predicted molar refractivity (Wildman–Crippen MR) is 97.6 cm³/mol. The van der Waals surface area contributed by atoms with E-state index in [9.17, 15) is 9.59 Å². The van der Waals surface area contributed by atoms with E-state index in [2.05, 4.69) is 10.1 Å². The van der Waals surface area contributed by atoms with E-state index in [1.807, 2.05) is 0 Å². The number of hydrogen-bond donors (Lipinski definition) is 0. The van der Waals surface area contributed by atoms with Gasteiger partial charge in [0.1, 0.15) is 11.3 Å². The third-order valence-corrected chi connectivity index (χ3v) is 5.46. The molecule has 0 N–H and O–H groups in total. The standard InChI is InChI=1S/C19H17ClN2O6/c1-8-5-10(23)6-13(26-4)19(8)17(24)14-12(25-3)7-11(15(20)16(14)27-19)18-21-9(2)28-22-18/h6-8H,5H2,1-4H3/t8-,19+/m1/s1. The minimum absolute atomic E-state index is 0.136. The van der Waals surface area contributed by atoms with Crippen molar-refractivity contribution in [2.75, 3.05) is 14.2 Å². The summed E-state index contributed by atoms with van der Waals surface area (Å²) >= 11 is 6.58. The maximum atomic E-state index is 13.5. The minimum atomic E-state index is -1.48. The molecule has 1 spiro atoms. The summed E-state index contributed by atoms with van der Waals surface area (Å²) in [6, 6.07) is 1.57. The number of ketones is 2. The summed E-state index contributed by atoms with van der Waals surface area (Å²) in [6.07, 6.45) is 1.44. The van der Waals surface area contributed by atoms with E-state index < -0.39 is 11.5 Å². The number of methoxy groups -OCH3 is 2. The fourth-order valence-electron chi connectivity index (χ4n) is 3.74. The fourth-order valence-corrected chi connectivity index (χ4v) is 4.02. The molecule has 1 aliphatic heterocycles. The summed E-state index contributed by atoms with van der Waals surface area (Å²) in [6.45, 7) is 3.41. The number of Topliss-reactive ketones (excluding diaryl/α,β-unsaturated/α-hetero) is 1. The number of benzene rings is 1. The van der Waals surface area contributed by atoms with E-state index in [0.29, 0.717) is 11.5 Å². The summed E-state index contributed by atoms with van der Waals surface area (Å²) in [5.74, 6) is 0.196. The van der Waals surface area contributed by atoms with E-state index in [0.717, 1.165) is 0 Å². The first kappa shape index (κ1) is 18.5. The van der Waals surface area contributed by atoms with E-state index >= 15 is 0 Å². The average Bonchev–Trinajstić information content (AvgIpc) is 3.22. The smallest absolute Gasteiger partial charge is 0.231 e. The van der Waals surface area contributed by atoms with Crippen molar-refractivity contribution in [3.05, 3.63) is 34.4 Å². The summed E-state index contributed by atoms with van der Waals surface area (Å²) in [5.41, 5.74) is -0.879. The molecule has 8 nitrogen and oxygen atoms in total. The van der Waals surface area contributed by atoms with Crippen LogP contribution in [0.3, 0.4) is 0 Å². The van der Waals surface area contributed by atoms with Crippen LogP contribution >= 0.6 is 11.6 Å². The van der Waals surface area contributed by atoms with Gasteiger partial charge in [-0.2, -0.15) is 4.98 Å². The van der Waals surface area contributed by atoms with Crippen LogP contribution in [0.2, 0.25) is 5.02 Å². The molecular weight excluding hydrogens is 388 g/mol. The van der Waals surface area contributed by atoms with Gasteiger partial charge in [-0.15, -0.1) is 0 Å². The van der Waals surface area contributed by atoms with Gasteiger partial charge in [0, 0.05) is 30.9 Å². The number of rotatable bonds is 3. The molecule has 0 fully saturated rings. The van der Waals surface area contributed by atoms with Gasteiger partial charge in [-0.05, 0) is 6.07 Å². The van der Waals surface area contributed by atoms with Crippen molar-refractivity contribution < 1.29 is 28.3 Å². The Morgan fingerprint density at radius 2 is 2.04 bits per heavy atom. The van der Waals surface area contributed by atoms with Crippen molar-refractivity contribution >= 4 is 23.2 Å². The molecule has 28 heavy (non-hydrogen) atoms. The largest absolute Gasteiger partial charge is 0.496 e. The van der Waals surface area contributed by atoms with Crippen molar-refractivity contribution in [2.45, 2.75) is 25.9 Å². The molecule has 1 aromatic heterocycles. The molecule has 0 amide bonds. The maximum absolute atomic E-state index is 13.5. The first-order valence-electron chi connectivity index (χ1n) is 8.57. The second-order valence-electron chi connectivity index (χ2n) is 6.73. The molecule has 2 aliphatic rings. The van der Waals surface area contributed by atoms with Gasteiger partial charge >= 0.3 is 0 Å². The fraction of sp³-hybridized carbons (Fsp3) is 0.368. The molecule has 0 radical (unpaired) electrons. The van der Waals surface area contributed by atoms with Crippen LogP contribution in [-0.2, 0) is 9.53 Å². The molecule has 0 saturated carbocycles. The van der Waals surface area contributed by atoms with Gasteiger partial charge in [0.05, 0.1) is 19.2 Å². The van der Waals surface area contributed by atoms with Gasteiger partial charge in [0.2, 0.25) is 23.1 Å². The lowest BCUT2D eigenvalue weighted by Crippen LogP contribution is -2.51. The van der Waals surface area contributed by atoms with Crippen LogP contribution in [0.15, 0.2) is 22.4 Å². The second kappa shape index (κ2) is 6.34. The van der Waals surface area contributed by atoms with Crippen LogP contribution in [0.25, 0.3) is 11.4 Å². The topological polar surface area (TPSA) is 101 Å². The molecule has 2 atom stereocenters. The number of carbonyl (C=O) groups excluding carboxylic acids is 2. The zero-order chi connectivity index (χ0) is 20.2. The highest BCUT2D eigenvalue weighted by atomic mass is 35.5. The SMILES string of the molecule is COC1=CC(=O)C[C@@H](C)[C@]12Oc1c(Cl)c(-c3noc(C)n3)cc(OC)c1C2=O. The number of allylic oxidation sites excluding steroid dienone is 1. The molecule has 0 bridgehead atoms. The number of hydrogen-bond acceptors (Lipinski definition) is 8. The molecular formula is C19H17ClN2O6. The first-order chi connectivity index (χ1) is 13.3. The quantitative estimate of drug-likeness (QED) is 0.768. The van der Waals surface area contributed by atoms with Gasteiger partial charge < -0.3 is 18.7 Å². The summed E-state index contributed by atoms with van der Waals surface area (Å²) < 4.78 is 22.0. The lowest BCUT2D eigenvalue weighted by atomic mass is 9.75. The molecule has 0 saturated heterocycles. The van der Waals surface area contributed by atoms with Crippen molar-refractivity contribution in [2.24, 2.45) is 5.92 Å². The zero-order valence-electron chi connectivity index (χ0n) is 15.7. The number of aryl methyl sites for hydroxylation is 1. The Balaban J connectivity index is 1.95. The number of fused-ring (bicyclic) bond motifs is 1.